The first kappa shape index (κ1) is 14.2. The first-order chi connectivity index (χ1) is 10.7. The van der Waals surface area contributed by atoms with Crippen LogP contribution in [0.1, 0.15) is 24.0 Å². The number of hydrogen-bond acceptors (Lipinski definition) is 2. The van der Waals surface area contributed by atoms with Crippen molar-refractivity contribution in [1.82, 2.24) is 5.32 Å². The molecule has 2 amide bonds. The molecule has 4 nitrogen and oxygen atoms in total. The fourth-order valence-electron chi connectivity index (χ4n) is 2.62. The Balaban J connectivity index is 1.61. The molecule has 1 aliphatic rings. The largest absolute Gasteiger partial charge is 0.337 e. The molecule has 2 aromatic rings. The molecule has 0 radical (unpaired) electrons. The van der Waals surface area contributed by atoms with Crippen molar-refractivity contribution in [2.24, 2.45) is 0 Å². The summed E-state index contributed by atoms with van der Waals surface area (Å²) in [5.41, 5.74) is 2.34. The van der Waals surface area contributed by atoms with E-state index >= 15 is 0 Å². The summed E-state index contributed by atoms with van der Waals surface area (Å²) >= 11 is 0. The van der Waals surface area contributed by atoms with E-state index in [4.69, 9.17) is 5.26 Å². The molecule has 4 heteroatoms. The normalized spacial score (nSPS) is 14.7. The standard InChI is InChI=1S/C18H17N3O/c19-12-14-6-4-5-9-16(14)21-17(22)20-13-18(10-11-18)15-7-2-1-3-8-15/h1-9H,10-11,13H2,(H2,20,21,22). The molecule has 0 heterocycles. The minimum atomic E-state index is -0.273. The van der Waals surface area contributed by atoms with E-state index in [0.29, 0.717) is 17.8 Å². The fourth-order valence-corrected chi connectivity index (χ4v) is 2.62. The van der Waals surface area contributed by atoms with Crippen LogP contribution in [0.2, 0.25) is 0 Å². The Hall–Kier alpha value is -2.80. The molecule has 2 aromatic carbocycles. The third-order valence-corrected chi connectivity index (χ3v) is 4.12. The van der Waals surface area contributed by atoms with Gasteiger partial charge in [0.05, 0.1) is 11.3 Å². The van der Waals surface area contributed by atoms with Gasteiger partial charge in [-0.25, -0.2) is 4.79 Å². The van der Waals surface area contributed by atoms with Gasteiger partial charge in [-0.15, -0.1) is 0 Å². The topological polar surface area (TPSA) is 64.9 Å². The summed E-state index contributed by atoms with van der Waals surface area (Å²) in [4.78, 5) is 12.1. The second kappa shape index (κ2) is 5.90. The summed E-state index contributed by atoms with van der Waals surface area (Å²) in [7, 11) is 0. The molecule has 2 N–H and O–H groups in total. The number of nitrogens with one attached hydrogen (secondary N) is 2. The van der Waals surface area contributed by atoms with Crippen LogP contribution in [-0.2, 0) is 5.41 Å². The van der Waals surface area contributed by atoms with Crippen LogP contribution in [0, 0.1) is 11.3 Å². The Morgan fingerprint density at radius 3 is 2.45 bits per heavy atom. The zero-order valence-electron chi connectivity index (χ0n) is 12.2. The quantitative estimate of drug-likeness (QED) is 0.906. The smallest absolute Gasteiger partial charge is 0.319 e. The first-order valence-electron chi connectivity index (χ1n) is 7.33. The molecule has 0 atom stereocenters. The van der Waals surface area contributed by atoms with Crippen LogP contribution in [0.25, 0.3) is 0 Å². The number of rotatable bonds is 4. The SMILES string of the molecule is N#Cc1ccccc1NC(=O)NCC1(c2ccccc2)CC1. The van der Waals surface area contributed by atoms with Crippen LogP contribution in [0.15, 0.2) is 54.6 Å². The van der Waals surface area contributed by atoms with E-state index in [0.717, 1.165) is 12.8 Å². The fraction of sp³-hybridized carbons (Fsp3) is 0.222. The Kier molecular flexibility index (Phi) is 3.80. The summed E-state index contributed by atoms with van der Waals surface area (Å²) in [6, 6.07) is 19.0. The van der Waals surface area contributed by atoms with Crippen molar-refractivity contribution in [2.75, 3.05) is 11.9 Å². The number of carbonyl (C=O) groups excluding carboxylic acids is 1. The average Bonchev–Trinajstić information content (AvgIpc) is 3.36. The number of hydrogen-bond donors (Lipinski definition) is 2. The van der Waals surface area contributed by atoms with E-state index in [1.54, 1.807) is 24.3 Å². The zero-order valence-corrected chi connectivity index (χ0v) is 12.2. The number of urea groups is 1. The summed E-state index contributed by atoms with van der Waals surface area (Å²) in [6.45, 7) is 0.609. The number of anilines is 1. The van der Waals surface area contributed by atoms with Gasteiger partial charge in [-0.2, -0.15) is 5.26 Å². The maximum Gasteiger partial charge on any atom is 0.319 e. The molecule has 22 heavy (non-hydrogen) atoms. The maximum atomic E-state index is 12.1. The van der Waals surface area contributed by atoms with Crippen LogP contribution in [0.3, 0.4) is 0 Å². The molecule has 0 aliphatic heterocycles. The van der Waals surface area contributed by atoms with Crippen molar-refractivity contribution in [3.05, 3.63) is 65.7 Å². The van der Waals surface area contributed by atoms with Gasteiger partial charge in [0.15, 0.2) is 0 Å². The van der Waals surface area contributed by atoms with Gasteiger partial charge in [0.1, 0.15) is 6.07 Å². The highest BCUT2D eigenvalue weighted by molar-refractivity contribution is 5.90. The summed E-state index contributed by atoms with van der Waals surface area (Å²) < 4.78 is 0. The highest BCUT2D eigenvalue weighted by Crippen LogP contribution is 2.47. The molecular weight excluding hydrogens is 274 g/mol. The van der Waals surface area contributed by atoms with Crippen molar-refractivity contribution >= 4 is 11.7 Å². The van der Waals surface area contributed by atoms with E-state index in [1.807, 2.05) is 18.2 Å². The summed E-state index contributed by atoms with van der Waals surface area (Å²) in [5, 5.41) is 14.7. The minimum Gasteiger partial charge on any atom is -0.337 e. The summed E-state index contributed by atoms with van der Waals surface area (Å²) in [5.74, 6) is 0. The third kappa shape index (κ3) is 2.94. The predicted molar refractivity (Wildman–Crippen MR) is 85.5 cm³/mol. The van der Waals surface area contributed by atoms with Crippen LogP contribution >= 0.6 is 0 Å². The van der Waals surface area contributed by atoms with Gasteiger partial charge in [0.2, 0.25) is 0 Å². The number of amides is 2. The number of nitriles is 1. The molecule has 0 unspecified atom stereocenters. The molecule has 1 saturated carbocycles. The van der Waals surface area contributed by atoms with Crippen molar-refractivity contribution in [3.63, 3.8) is 0 Å². The molecule has 0 spiro atoms. The second-order valence-electron chi connectivity index (χ2n) is 5.61. The van der Waals surface area contributed by atoms with Gasteiger partial charge in [0.25, 0.3) is 0 Å². The van der Waals surface area contributed by atoms with E-state index in [-0.39, 0.29) is 11.4 Å². The Morgan fingerprint density at radius 2 is 1.77 bits per heavy atom. The van der Waals surface area contributed by atoms with Crippen molar-refractivity contribution < 1.29 is 4.79 Å². The molecule has 3 rings (SSSR count). The van der Waals surface area contributed by atoms with Gasteiger partial charge < -0.3 is 10.6 Å². The second-order valence-corrected chi connectivity index (χ2v) is 5.61. The van der Waals surface area contributed by atoms with Gasteiger partial charge in [0, 0.05) is 12.0 Å². The lowest BCUT2D eigenvalue weighted by atomic mass is 9.96. The third-order valence-electron chi connectivity index (χ3n) is 4.12. The van der Waals surface area contributed by atoms with Crippen molar-refractivity contribution in [2.45, 2.75) is 18.3 Å². The number of benzene rings is 2. The maximum absolute atomic E-state index is 12.1. The molecule has 110 valence electrons. The van der Waals surface area contributed by atoms with E-state index in [9.17, 15) is 4.79 Å². The highest BCUT2D eigenvalue weighted by Gasteiger charge is 2.44. The Labute approximate surface area is 129 Å². The lowest BCUT2D eigenvalue weighted by molar-refractivity contribution is 0.251. The minimum absolute atomic E-state index is 0.0767. The van der Waals surface area contributed by atoms with E-state index in [1.165, 1.54) is 5.56 Å². The van der Waals surface area contributed by atoms with E-state index in [2.05, 4.69) is 28.8 Å². The monoisotopic (exact) mass is 291 g/mol. The lowest BCUT2D eigenvalue weighted by Gasteiger charge is -2.17. The van der Waals surface area contributed by atoms with Crippen LogP contribution in [-0.4, -0.2) is 12.6 Å². The molecule has 0 bridgehead atoms. The Morgan fingerprint density at radius 1 is 1.09 bits per heavy atom. The van der Waals surface area contributed by atoms with Crippen molar-refractivity contribution in [3.8, 4) is 6.07 Å². The Bertz CT molecular complexity index is 715. The molecule has 1 aliphatic carbocycles. The number of carbonyl (C=O) groups is 1. The predicted octanol–water partition coefficient (Wildman–Crippen LogP) is 3.41. The first-order valence-corrected chi connectivity index (χ1v) is 7.33. The molecule has 0 saturated heterocycles. The average molecular weight is 291 g/mol. The van der Waals surface area contributed by atoms with Gasteiger partial charge in [-0.05, 0) is 30.5 Å². The number of para-hydroxylation sites is 1. The van der Waals surface area contributed by atoms with Gasteiger partial charge in [-0.1, -0.05) is 42.5 Å². The lowest BCUT2D eigenvalue weighted by Crippen LogP contribution is -2.35. The van der Waals surface area contributed by atoms with Crippen molar-refractivity contribution in [1.29, 1.82) is 5.26 Å². The summed E-state index contributed by atoms with van der Waals surface area (Å²) in [6.07, 6.45) is 2.18. The van der Waals surface area contributed by atoms with Crippen LogP contribution in [0.5, 0.6) is 0 Å². The van der Waals surface area contributed by atoms with Crippen LogP contribution in [0.4, 0.5) is 10.5 Å². The molecular formula is C18H17N3O. The van der Waals surface area contributed by atoms with E-state index < -0.39 is 0 Å². The molecule has 0 aromatic heterocycles. The number of nitrogens with zero attached hydrogens (tertiary/aromatic N) is 1. The highest BCUT2D eigenvalue weighted by atomic mass is 16.2. The van der Waals surface area contributed by atoms with Gasteiger partial charge in [-0.3, -0.25) is 0 Å². The zero-order chi connectivity index (χ0) is 15.4. The van der Waals surface area contributed by atoms with Crippen LogP contribution < -0.4 is 10.6 Å². The van der Waals surface area contributed by atoms with Gasteiger partial charge >= 0.3 is 6.03 Å². The molecule has 1 fully saturated rings.